The Hall–Kier alpha value is -2.41. The van der Waals surface area contributed by atoms with Gasteiger partial charge in [-0.3, -0.25) is 9.59 Å². The fourth-order valence-corrected chi connectivity index (χ4v) is 1.95. The molecule has 2 aromatic rings. The third kappa shape index (κ3) is 3.43. The van der Waals surface area contributed by atoms with Gasteiger partial charge in [0.25, 0.3) is 11.5 Å². The molecule has 1 unspecified atom stereocenters. The first kappa shape index (κ1) is 16.0. The van der Waals surface area contributed by atoms with Crippen LogP contribution in [0.2, 0.25) is 0 Å². The maximum absolute atomic E-state index is 12.1. The highest BCUT2D eigenvalue weighted by Gasteiger charge is 2.27. The van der Waals surface area contributed by atoms with Gasteiger partial charge in [0, 0.05) is 12.6 Å². The quantitative estimate of drug-likeness (QED) is 0.851. The highest BCUT2D eigenvalue weighted by atomic mass is 16.4. The number of carbonyl (C=O) groups excluding carboxylic acids is 1. The van der Waals surface area contributed by atoms with Crippen LogP contribution in [0.1, 0.15) is 35.9 Å². The second-order valence-corrected chi connectivity index (χ2v) is 5.24. The number of hydrogen-bond acceptors (Lipinski definition) is 5. The van der Waals surface area contributed by atoms with Crippen molar-refractivity contribution in [2.75, 3.05) is 6.54 Å². The minimum absolute atomic E-state index is 0.0360. The molecule has 0 bridgehead atoms. The Labute approximate surface area is 127 Å². The number of rotatable bonds is 5. The zero-order valence-electron chi connectivity index (χ0n) is 12.8. The van der Waals surface area contributed by atoms with Crippen molar-refractivity contribution in [2.24, 2.45) is 0 Å². The normalized spacial score (nSPS) is 13.6. The molecule has 0 saturated heterocycles. The van der Waals surface area contributed by atoms with Crippen LogP contribution in [-0.4, -0.2) is 27.3 Å². The summed E-state index contributed by atoms with van der Waals surface area (Å²) < 4.78 is 6.57. The van der Waals surface area contributed by atoms with Gasteiger partial charge in [-0.15, -0.1) is 0 Å². The summed E-state index contributed by atoms with van der Waals surface area (Å²) in [5.74, 6) is 0.584. The lowest BCUT2D eigenvalue weighted by atomic mass is 10.0. The molecule has 0 aromatic carbocycles. The summed E-state index contributed by atoms with van der Waals surface area (Å²) in [6.45, 7) is 5.43. The average molecular weight is 305 g/mol. The molecule has 2 rings (SSSR count). The fourth-order valence-electron chi connectivity index (χ4n) is 1.95. The summed E-state index contributed by atoms with van der Waals surface area (Å²) in [5, 5.41) is 16.9. The SMILES string of the molecule is CCn1nc(C(=O)NCC(C)(O)c2ccc(C)o2)ccc1=O. The van der Waals surface area contributed by atoms with E-state index in [1.165, 1.54) is 16.8 Å². The van der Waals surface area contributed by atoms with Crippen molar-refractivity contribution in [3.8, 4) is 0 Å². The number of nitrogens with one attached hydrogen (secondary N) is 1. The highest BCUT2D eigenvalue weighted by molar-refractivity contribution is 5.92. The van der Waals surface area contributed by atoms with Gasteiger partial charge in [-0.1, -0.05) is 0 Å². The predicted molar refractivity (Wildman–Crippen MR) is 79.5 cm³/mol. The maximum Gasteiger partial charge on any atom is 0.271 e. The molecule has 0 aliphatic rings. The Kier molecular flexibility index (Phi) is 4.46. The summed E-state index contributed by atoms with van der Waals surface area (Å²) in [4.78, 5) is 23.5. The van der Waals surface area contributed by atoms with Crippen LogP contribution in [0.4, 0.5) is 0 Å². The molecule has 0 aliphatic carbocycles. The Bertz CT molecular complexity index is 730. The van der Waals surface area contributed by atoms with Gasteiger partial charge < -0.3 is 14.8 Å². The lowest BCUT2D eigenvalue weighted by Gasteiger charge is -2.21. The number of hydrogen-bond donors (Lipinski definition) is 2. The summed E-state index contributed by atoms with van der Waals surface area (Å²) in [6.07, 6.45) is 0. The number of carbonyl (C=O) groups is 1. The Morgan fingerprint density at radius 2 is 2.14 bits per heavy atom. The first-order valence-electron chi connectivity index (χ1n) is 6.99. The van der Waals surface area contributed by atoms with Gasteiger partial charge >= 0.3 is 0 Å². The molecule has 0 aliphatic heterocycles. The lowest BCUT2D eigenvalue weighted by molar-refractivity contribution is 0.0322. The van der Waals surface area contributed by atoms with Crippen molar-refractivity contribution in [3.05, 3.63) is 51.8 Å². The van der Waals surface area contributed by atoms with Crippen LogP contribution in [0.25, 0.3) is 0 Å². The Morgan fingerprint density at radius 3 is 2.73 bits per heavy atom. The third-order valence-corrected chi connectivity index (χ3v) is 3.26. The number of aryl methyl sites for hydroxylation is 2. The molecule has 118 valence electrons. The zero-order valence-corrected chi connectivity index (χ0v) is 12.8. The van der Waals surface area contributed by atoms with Crippen LogP contribution in [0.3, 0.4) is 0 Å². The van der Waals surface area contributed by atoms with Gasteiger partial charge in [0.1, 0.15) is 22.8 Å². The summed E-state index contributed by atoms with van der Waals surface area (Å²) in [7, 11) is 0. The van der Waals surface area contributed by atoms with E-state index in [1.807, 2.05) is 0 Å². The van der Waals surface area contributed by atoms with Crippen molar-refractivity contribution >= 4 is 5.91 Å². The van der Waals surface area contributed by atoms with E-state index in [9.17, 15) is 14.7 Å². The van der Waals surface area contributed by atoms with Gasteiger partial charge in [0.15, 0.2) is 0 Å². The summed E-state index contributed by atoms with van der Waals surface area (Å²) in [6, 6.07) is 6.05. The number of amides is 1. The van der Waals surface area contributed by atoms with Crippen LogP contribution in [-0.2, 0) is 12.1 Å². The largest absolute Gasteiger partial charge is 0.463 e. The fraction of sp³-hybridized carbons (Fsp3) is 0.400. The second kappa shape index (κ2) is 6.15. The molecular formula is C15H19N3O4. The van der Waals surface area contributed by atoms with E-state index in [4.69, 9.17) is 4.42 Å². The molecule has 2 aromatic heterocycles. The molecule has 7 nitrogen and oxygen atoms in total. The van der Waals surface area contributed by atoms with Gasteiger partial charge in [0.05, 0.1) is 6.54 Å². The second-order valence-electron chi connectivity index (χ2n) is 5.24. The van der Waals surface area contributed by atoms with Crippen LogP contribution in [0.5, 0.6) is 0 Å². The van der Waals surface area contributed by atoms with Crippen molar-refractivity contribution in [2.45, 2.75) is 32.9 Å². The summed E-state index contributed by atoms with van der Waals surface area (Å²) in [5.41, 5.74) is -1.48. The van der Waals surface area contributed by atoms with Crippen LogP contribution < -0.4 is 10.9 Å². The van der Waals surface area contributed by atoms with Gasteiger partial charge in [-0.25, -0.2) is 4.68 Å². The zero-order chi connectivity index (χ0) is 16.3. The highest BCUT2D eigenvalue weighted by Crippen LogP contribution is 2.21. The van der Waals surface area contributed by atoms with E-state index >= 15 is 0 Å². The molecule has 0 radical (unpaired) electrons. The first-order valence-corrected chi connectivity index (χ1v) is 6.99. The van der Waals surface area contributed by atoms with Crippen molar-refractivity contribution in [3.63, 3.8) is 0 Å². The molecule has 1 atom stereocenters. The third-order valence-electron chi connectivity index (χ3n) is 3.26. The monoisotopic (exact) mass is 305 g/mol. The minimum atomic E-state index is -1.33. The standard InChI is InChI=1S/C15H19N3O4/c1-4-18-13(19)8-6-11(17-18)14(20)16-9-15(3,21)12-7-5-10(2)22-12/h5-8,21H,4,9H2,1-3H3,(H,16,20). The first-order chi connectivity index (χ1) is 10.3. The number of nitrogens with zero attached hydrogens (tertiary/aromatic N) is 2. The van der Waals surface area contributed by atoms with Gasteiger partial charge in [0.2, 0.25) is 0 Å². The molecule has 0 saturated carbocycles. The molecule has 22 heavy (non-hydrogen) atoms. The summed E-state index contributed by atoms with van der Waals surface area (Å²) >= 11 is 0. The number of aromatic nitrogens is 2. The van der Waals surface area contributed by atoms with Crippen molar-refractivity contribution < 1.29 is 14.3 Å². The maximum atomic E-state index is 12.1. The topological polar surface area (TPSA) is 97.4 Å². The van der Waals surface area contributed by atoms with Crippen molar-refractivity contribution in [1.29, 1.82) is 0 Å². The van der Waals surface area contributed by atoms with E-state index in [-0.39, 0.29) is 17.8 Å². The smallest absolute Gasteiger partial charge is 0.271 e. The van der Waals surface area contributed by atoms with Crippen LogP contribution in [0.15, 0.2) is 33.5 Å². The molecule has 0 spiro atoms. The predicted octanol–water partition coefficient (Wildman–Crippen LogP) is 0.802. The van der Waals surface area contributed by atoms with Gasteiger partial charge in [-0.2, -0.15) is 5.10 Å². The van der Waals surface area contributed by atoms with E-state index in [1.54, 1.807) is 32.9 Å². The van der Waals surface area contributed by atoms with E-state index < -0.39 is 11.5 Å². The molecule has 7 heteroatoms. The molecule has 0 fully saturated rings. The molecule has 2 heterocycles. The van der Waals surface area contributed by atoms with E-state index in [0.717, 1.165) is 0 Å². The van der Waals surface area contributed by atoms with Gasteiger partial charge in [-0.05, 0) is 39.0 Å². The minimum Gasteiger partial charge on any atom is -0.463 e. The van der Waals surface area contributed by atoms with Crippen molar-refractivity contribution in [1.82, 2.24) is 15.1 Å². The van der Waals surface area contributed by atoms with E-state index in [2.05, 4.69) is 10.4 Å². The molecule has 2 N–H and O–H groups in total. The average Bonchev–Trinajstić information content (AvgIpc) is 2.93. The lowest BCUT2D eigenvalue weighted by Crippen LogP contribution is -2.39. The Balaban J connectivity index is 2.08. The van der Waals surface area contributed by atoms with Crippen LogP contribution in [0, 0.1) is 6.92 Å². The Morgan fingerprint density at radius 1 is 1.41 bits per heavy atom. The number of aliphatic hydroxyl groups is 1. The molecule has 1 amide bonds. The number of furan rings is 1. The molecular weight excluding hydrogens is 286 g/mol. The van der Waals surface area contributed by atoms with Crippen LogP contribution >= 0.6 is 0 Å². The van der Waals surface area contributed by atoms with E-state index in [0.29, 0.717) is 18.1 Å².